The lowest BCUT2D eigenvalue weighted by atomic mass is 9.98. The second-order valence-electron chi connectivity index (χ2n) is 7.79. The van der Waals surface area contributed by atoms with E-state index in [1.165, 1.54) is 12.1 Å². The largest absolute Gasteiger partial charge is 0.389 e. The molecule has 0 radical (unpaired) electrons. The van der Waals surface area contributed by atoms with Crippen molar-refractivity contribution >= 4 is 29.2 Å². The van der Waals surface area contributed by atoms with Crippen molar-refractivity contribution in [3.8, 4) is 0 Å². The van der Waals surface area contributed by atoms with E-state index < -0.39 is 17.8 Å². The van der Waals surface area contributed by atoms with Crippen LogP contribution in [0, 0.1) is 18.2 Å². The molecule has 3 aromatic rings. The van der Waals surface area contributed by atoms with E-state index >= 15 is 0 Å². The molecule has 1 aliphatic carbocycles. The third kappa shape index (κ3) is 4.34. The summed E-state index contributed by atoms with van der Waals surface area (Å²) in [4.78, 5) is 16.7. The number of fused-ring (bicyclic) bond motifs is 1. The Morgan fingerprint density at radius 2 is 2.13 bits per heavy atom. The first-order chi connectivity index (χ1) is 14.9. The minimum atomic E-state index is -0.616. The van der Waals surface area contributed by atoms with Gasteiger partial charge in [-0.15, -0.1) is 0 Å². The van der Waals surface area contributed by atoms with Gasteiger partial charge in [-0.05, 0) is 61.6 Å². The van der Waals surface area contributed by atoms with Crippen molar-refractivity contribution in [2.75, 3.05) is 5.32 Å². The molecule has 1 unspecified atom stereocenters. The standard InChI is InChI=1S/C23H24FN5O2/c1-13-7-20(24)19(23(31)28-17-4-5-17)8-18(13)16(9-25)10-26-22-11-27-21-6-3-15(14(2)30)12-29(21)22/h3,6-12,14,17,25-26,30H,4-5H2,1-2H3,(H,28,31)/b16-10+,25-9?. The third-order valence-electron chi connectivity index (χ3n) is 5.32. The summed E-state index contributed by atoms with van der Waals surface area (Å²) in [6, 6.07) is 6.55. The van der Waals surface area contributed by atoms with Gasteiger partial charge in [0.15, 0.2) is 0 Å². The number of nitrogens with zero attached hydrogens (tertiary/aromatic N) is 2. The first-order valence-electron chi connectivity index (χ1n) is 10.1. The fourth-order valence-corrected chi connectivity index (χ4v) is 3.35. The highest BCUT2D eigenvalue weighted by Gasteiger charge is 2.25. The summed E-state index contributed by atoms with van der Waals surface area (Å²) in [5.74, 6) is -0.376. The number of aromatic nitrogens is 2. The quantitative estimate of drug-likeness (QED) is 0.436. The van der Waals surface area contributed by atoms with E-state index in [0.29, 0.717) is 28.2 Å². The first kappa shape index (κ1) is 20.7. The van der Waals surface area contributed by atoms with Crippen molar-refractivity contribution in [1.29, 1.82) is 5.41 Å². The number of anilines is 1. The second kappa shape index (κ2) is 8.31. The van der Waals surface area contributed by atoms with E-state index in [1.54, 1.807) is 36.8 Å². The lowest BCUT2D eigenvalue weighted by Crippen LogP contribution is -2.26. The maximum Gasteiger partial charge on any atom is 0.254 e. The van der Waals surface area contributed by atoms with Gasteiger partial charge in [-0.25, -0.2) is 9.37 Å². The molecule has 0 spiro atoms. The fourth-order valence-electron chi connectivity index (χ4n) is 3.35. The number of pyridine rings is 1. The van der Waals surface area contributed by atoms with E-state index in [4.69, 9.17) is 5.41 Å². The number of benzene rings is 1. The van der Waals surface area contributed by atoms with Gasteiger partial charge in [-0.1, -0.05) is 6.07 Å². The van der Waals surface area contributed by atoms with E-state index in [-0.39, 0.29) is 11.6 Å². The number of aliphatic hydroxyl groups excluding tert-OH is 1. The minimum absolute atomic E-state index is 0.0309. The number of nitrogens with one attached hydrogen (secondary N) is 3. The predicted octanol–water partition coefficient (Wildman–Crippen LogP) is 3.83. The Kier molecular flexibility index (Phi) is 5.56. The fraction of sp³-hybridized carbons (Fsp3) is 0.261. The SMILES string of the molecule is Cc1cc(F)c(C(=O)NC2CC2)cc1/C(C=N)=C/Nc1cnc2ccc(C(C)O)cn12. The third-order valence-corrected chi connectivity index (χ3v) is 5.32. The Morgan fingerprint density at radius 1 is 1.35 bits per heavy atom. The molecular weight excluding hydrogens is 397 g/mol. The molecule has 0 saturated heterocycles. The Hall–Kier alpha value is -3.52. The summed E-state index contributed by atoms with van der Waals surface area (Å²) in [7, 11) is 0. The van der Waals surface area contributed by atoms with E-state index in [0.717, 1.165) is 24.6 Å². The maximum atomic E-state index is 14.4. The average molecular weight is 421 g/mol. The molecule has 31 heavy (non-hydrogen) atoms. The molecule has 1 fully saturated rings. The van der Waals surface area contributed by atoms with Crippen LogP contribution in [0.3, 0.4) is 0 Å². The van der Waals surface area contributed by atoms with Crippen LogP contribution >= 0.6 is 0 Å². The summed E-state index contributed by atoms with van der Waals surface area (Å²) in [6.45, 7) is 3.42. The normalized spacial score (nSPS) is 15.0. The lowest BCUT2D eigenvalue weighted by Gasteiger charge is -2.12. The van der Waals surface area contributed by atoms with Crippen molar-refractivity contribution in [2.24, 2.45) is 0 Å². The molecule has 7 nitrogen and oxygen atoms in total. The molecule has 8 heteroatoms. The van der Waals surface area contributed by atoms with E-state index in [9.17, 15) is 14.3 Å². The molecule has 160 valence electrons. The molecular formula is C23H24FN5O2. The molecule has 1 saturated carbocycles. The number of imidazole rings is 1. The topological polar surface area (TPSA) is 103 Å². The molecule has 2 aromatic heterocycles. The number of hydrogen-bond donors (Lipinski definition) is 4. The van der Waals surface area contributed by atoms with Crippen molar-refractivity contribution in [2.45, 2.75) is 38.8 Å². The summed E-state index contributed by atoms with van der Waals surface area (Å²) < 4.78 is 16.2. The van der Waals surface area contributed by atoms with E-state index in [2.05, 4.69) is 15.6 Å². The van der Waals surface area contributed by atoms with Crippen LogP contribution in [0.1, 0.15) is 52.9 Å². The Morgan fingerprint density at radius 3 is 2.81 bits per heavy atom. The number of hydrogen-bond acceptors (Lipinski definition) is 5. The zero-order chi connectivity index (χ0) is 22.1. The van der Waals surface area contributed by atoms with Crippen LogP contribution in [0.2, 0.25) is 0 Å². The first-order valence-corrected chi connectivity index (χ1v) is 10.1. The van der Waals surface area contributed by atoms with Crippen LogP contribution in [0.4, 0.5) is 10.2 Å². The Labute approximate surface area is 179 Å². The average Bonchev–Trinajstić information content (AvgIpc) is 3.46. The molecule has 1 atom stereocenters. The molecule has 0 bridgehead atoms. The number of carbonyl (C=O) groups is 1. The molecule has 1 aromatic carbocycles. The van der Waals surface area contributed by atoms with Crippen molar-refractivity contribution in [3.63, 3.8) is 0 Å². The highest BCUT2D eigenvalue weighted by atomic mass is 19.1. The number of aliphatic hydroxyl groups is 1. The number of allylic oxidation sites excluding steroid dienone is 1. The van der Waals surface area contributed by atoms with Gasteiger partial charge in [-0.2, -0.15) is 0 Å². The number of amides is 1. The van der Waals surface area contributed by atoms with Crippen molar-refractivity contribution < 1.29 is 14.3 Å². The van der Waals surface area contributed by atoms with Crippen LogP contribution in [-0.4, -0.2) is 32.7 Å². The van der Waals surface area contributed by atoms with Gasteiger partial charge in [0.25, 0.3) is 5.91 Å². The molecule has 2 heterocycles. The van der Waals surface area contributed by atoms with Crippen LogP contribution in [-0.2, 0) is 0 Å². The minimum Gasteiger partial charge on any atom is -0.389 e. The highest BCUT2D eigenvalue weighted by molar-refractivity contribution is 6.10. The predicted molar refractivity (Wildman–Crippen MR) is 118 cm³/mol. The number of carbonyl (C=O) groups excluding carboxylic acids is 1. The summed E-state index contributed by atoms with van der Waals surface area (Å²) in [5.41, 5.74) is 3.10. The van der Waals surface area contributed by atoms with Gasteiger partial charge in [0.1, 0.15) is 17.3 Å². The number of halogens is 1. The van der Waals surface area contributed by atoms with Gasteiger partial charge < -0.3 is 21.1 Å². The molecule has 0 aliphatic heterocycles. The number of aryl methyl sites for hydroxylation is 1. The molecule has 4 rings (SSSR count). The van der Waals surface area contributed by atoms with Gasteiger partial charge in [0.2, 0.25) is 0 Å². The monoisotopic (exact) mass is 421 g/mol. The number of rotatable bonds is 7. The smallest absolute Gasteiger partial charge is 0.254 e. The van der Waals surface area contributed by atoms with Crippen molar-refractivity contribution in [3.05, 3.63) is 70.9 Å². The summed E-state index contributed by atoms with van der Waals surface area (Å²) >= 11 is 0. The van der Waals surface area contributed by atoms with Gasteiger partial charge in [0.05, 0.1) is 17.9 Å². The van der Waals surface area contributed by atoms with Crippen LogP contribution in [0.5, 0.6) is 0 Å². The Balaban J connectivity index is 1.66. The maximum absolute atomic E-state index is 14.4. The zero-order valence-corrected chi connectivity index (χ0v) is 17.3. The highest BCUT2D eigenvalue weighted by Crippen LogP contribution is 2.25. The van der Waals surface area contributed by atoms with Gasteiger partial charge in [0, 0.05) is 30.2 Å². The zero-order valence-electron chi connectivity index (χ0n) is 17.3. The second-order valence-corrected chi connectivity index (χ2v) is 7.79. The van der Waals surface area contributed by atoms with Gasteiger partial charge in [-0.3, -0.25) is 9.20 Å². The van der Waals surface area contributed by atoms with Gasteiger partial charge >= 0.3 is 0 Å². The van der Waals surface area contributed by atoms with Crippen LogP contribution in [0.25, 0.3) is 11.2 Å². The molecule has 1 aliphatic rings. The summed E-state index contributed by atoms with van der Waals surface area (Å²) in [5, 5.41) is 23.6. The van der Waals surface area contributed by atoms with Crippen molar-refractivity contribution in [1.82, 2.24) is 14.7 Å². The van der Waals surface area contributed by atoms with Crippen LogP contribution < -0.4 is 10.6 Å². The lowest BCUT2D eigenvalue weighted by molar-refractivity contribution is 0.0947. The van der Waals surface area contributed by atoms with Crippen LogP contribution in [0.15, 0.2) is 42.9 Å². The summed E-state index contributed by atoms with van der Waals surface area (Å²) in [6.07, 6.45) is 7.42. The Bertz CT molecular complexity index is 1190. The molecule has 1 amide bonds. The van der Waals surface area contributed by atoms with E-state index in [1.807, 2.05) is 12.1 Å². The molecule has 4 N–H and O–H groups in total.